The van der Waals surface area contributed by atoms with Gasteiger partial charge in [0.1, 0.15) is 17.6 Å². The highest BCUT2D eigenvalue weighted by atomic mass is 79.9. The molecule has 4 amide bonds. The lowest BCUT2D eigenvalue weighted by Crippen LogP contribution is -2.57. The summed E-state index contributed by atoms with van der Waals surface area (Å²) in [6, 6.07) is 12.5. The lowest BCUT2D eigenvalue weighted by molar-refractivity contribution is -0.136. The lowest BCUT2D eigenvalue weighted by atomic mass is 10.0. The predicted molar refractivity (Wildman–Crippen MR) is 276 cm³/mol. The van der Waals surface area contributed by atoms with Crippen LogP contribution in [-0.2, 0) is 30.2 Å². The number of nitrogens with one attached hydrogen (secondary N) is 3. The molecule has 10 rings (SSSR count). The highest BCUT2D eigenvalue weighted by molar-refractivity contribution is 9.10. The van der Waals surface area contributed by atoms with Crippen molar-refractivity contribution in [2.75, 3.05) is 94.1 Å². The molecule has 3 saturated heterocycles. The fraction of sp³-hybridized carbons (Fsp3) is 0.380. The average molecular weight is 1060 g/mol. The number of halogens is 1. The number of benzene rings is 3. The van der Waals surface area contributed by atoms with E-state index >= 15 is 0 Å². The number of aryl methyl sites for hydroxylation is 2. The van der Waals surface area contributed by atoms with Crippen LogP contribution in [0.5, 0.6) is 5.75 Å². The summed E-state index contributed by atoms with van der Waals surface area (Å²) in [6.45, 7) is 10.6. The topological polar surface area (TPSA) is 209 Å². The van der Waals surface area contributed by atoms with Gasteiger partial charge in [-0.25, -0.2) is 4.98 Å². The van der Waals surface area contributed by atoms with Gasteiger partial charge in [-0.15, -0.1) is 0 Å². The minimum Gasteiger partial charge on any atom is -0.494 e. The number of rotatable bonds is 15. The first kappa shape index (κ1) is 49.0. The summed E-state index contributed by atoms with van der Waals surface area (Å²) in [6.07, 6.45) is 9.02. The number of fused-ring (bicyclic) bond motifs is 1. The third-order valence-corrected chi connectivity index (χ3v) is 17.0. The molecule has 376 valence electrons. The first-order chi connectivity index (χ1) is 34.6. The molecule has 20 nitrogen and oxygen atoms in total. The van der Waals surface area contributed by atoms with Gasteiger partial charge in [0.2, 0.25) is 17.8 Å². The van der Waals surface area contributed by atoms with E-state index in [1.54, 1.807) is 30.1 Å². The molecule has 0 saturated carbocycles. The highest BCUT2D eigenvalue weighted by Gasteiger charge is 2.45. The zero-order valence-electron chi connectivity index (χ0n) is 40.9. The van der Waals surface area contributed by atoms with E-state index in [9.17, 15) is 23.7 Å². The Morgan fingerprint density at radius 3 is 2.32 bits per heavy atom. The fourth-order valence-corrected chi connectivity index (χ4v) is 12.0. The third-order valence-electron chi connectivity index (χ3n) is 14.3. The number of piperazine rings is 1. The SMILES string of the molecule is COc1cc(N2CCN(CC3=CN(C4CN(c5ccc6c(c5)C(=O)N(C5CCC(=O)NC5=O)C6=O)C4)CC3)CC2)c(-c2cnn(C)c2)cc1Nc1ncc(Br)c(Nc2ccc(C)c(C)c2P(=O)(OC)OC)n1. The molecular weight excluding hydrogens is 1010 g/mol. The van der Waals surface area contributed by atoms with E-state index < -0.39 is 37.3 Å². The highest BCUT2D eigenvalue weighted by Crippen LogP contribution is 2.49. The Hall–Kier alpha value is -6.64. The van der Waals surface area contributed by atoms with Crippen LogP contribution in [0.2, 0.25) is 0 Å². The van der Waals surface area contributed by atoms with Gasteiger partial charge in [-0.3, -0.25) is 43.5 Å². The number of anilines is 6. The minimum absolute atomic E-state index is 0.0813. The second kappa shape index (κ2) is 19.8. The first-order valence-corrected chi connectivity index (χ1v) is 26.1. The van der Waals surface area contributed by atoms with Crippen molar-refractivity contribution in [2.45, 2.75) is 45.2 Å². The Balaban J connectivity index is 0.785. The monoisotopic (exact) mass is 1060 g/mol. The molecule has 22 heteroatoms. The Kier molecular flexibility index (Phi) is 13.4. The van der Waals surface area contributed by atoms with Crippen molar-refractivity contribution in [1.29, 1.82) is 0 Å². The zero-order valence-corrected chi connectivity index (χ0v) is 43.4. The van der Waals surface area contributed by atoms with Crippen LogP contribution in [0.3, 0.4) is 0 Å². The Labute approximate surface area is 425 Å². The van der Waals surface area contributed by atoms with Gasteiger partial charge >= 0.3 is 7.60 Å². The number of ether oxygens (including phenoxy) is 1. The number of imide groups is 2. The van der Waals surface area contributed by atoms with Crippen LogP contribution in [0.1, 0.15) is 51.1 Å². The number of piperidine rings is 1. The predicted octanol–water partition coefficient (Wildman–Crippen LogP) is 5.87. The Morgan fingerprint density at radius 1 is 0.847 bits per heavy atom. The molecule has 0 aliphatic carbocycles. The Morgan fingerprint density at radius 2 is 1.61 bits per heavy atom. The summed E-state index contributed by atoms with van der Waals surface area (Å²) >= 11 is 3.59. The van der Waals surface area contributed by atoms with Crippen molar-refractivity contribution in [3.05, 3.63) is 99.6 Å². The van der Waals surface area contributed by atoms with Crippen LogP contribution < -0.4 is 35.8 Å². The van der Waals surface area contributed by atoms with Crippen LogP contribution in [0.15, 0.2) is 77.3 Å². The summed E-state index contributed by atoms with van der Waals surface area (Å²) in [5.41, 5.74) is 8.69. The van der Waals surface area contributed by atoms with Crippen molar-refractivity contribution in [3.63, 3.8) is 0 Å². The molecule has 1 unspecified atom stereocenters. The van der Waals surface area contributed by atoms with Crippen molar-refractivity contribution in [2.24, 2.45) is 7.05 Å². The minimum atomic E-state index is -3.65. The van der Waals surface area contributed by atoms with Gasteiger partial charge < -0.3 is 39.1 Å². The molecule has 5 aliphatic rings. The number of carbonyl (C=O) groups excluding carboxylic acids is 4. The maximum atomic E-state index is 13.7. The summed E-state index contributed by atoms with van der Waals surface area (Å²) in [7, 11) is 2.63. The second-order valence-corrected chi connectivity index (χ2v) is 21.7. The lowest BCUT2D eigenvalue weighted by Gasteiger charge is -2.45. The fourth-order valence-electron chi connectivity index (χ4n) is 10.2. The molecule has 2 aromatic heterocycles. The van der Waals surface area contributed by atoms with Crippen LogP contribution in [0.4, 0.5) is 34.5 Å². The van der Waals surface area contributed by atoms with Gasteiger partial charge in [-0.1, -0.05) is 6.07 Å². The van der Waals surface area contributed by atoms with Crippen LogP contribution in [0, 0.1) is 13.8 Å². The smallest absolute Gasteiger partial charge is 0.363 e. The van der Waals surface area contributed by atoms with E-state index in [-0.39, 0.29) is 18.4 Å². The third kappa shape index (κ3) is 9.23. The normalized spacial score (nSPS) is 18.7. The average Bonchev–Trinajstić information content (AvgIpc) is 4.07. The summed E-state index contributed by atoms with van der Waals surface area (Å²) in [5, 5.41) is 13.9. The summed E-state index contributed by atoms with van der Waals surface area (Å²) in [5.74, 6) is -0.665. The van der Waals surface area contributed by atoms with Crippen LogP contribution in [0.25, 0.3) is 11.1 Å². The number of hydrogen-bond acceptors (Lipinski definition) is 17. The van der Waals surface area contributed by atoms with Crippen molar-refractivity contribution in [3.8, 4) is 16.9 Å². The number of amides is 4. The van der Waals surface area contributed by atoms with Gasteiger partial charge in [0, 0.05) is 127 Å². The van der Waals surface area contributed by atoms with Gasteiger partial charge in [-0.05, 0) is 89.7 Å². The molecule has 0 bridgehead atoms. The van der Waals surface area contributed by atoms with Gasteiger partial charge in [0.15, 0.2) is 0 Å². The van der Waals surface area contributed by atoms with E-state index in [0.717, 1.165) is 97.3 Å². The quantitative estimate of drug-likeness (QED) is 0.0828. The number of methoxy groups -OCH3 is 1. The van der Waals surface area contributed by atoms with Crippen molar-refractivity contribution in [1.82, 2.24) is 39.8 Å². The molecule has 3 fully saturated rings. The standard InChI is InChI=1S/C50H56BrN12O8P/c1-29-7-10-39(45(30(29)2)72(68,70-5)71-6)54-46-38(51)23-52-50(57-46)55-40-20-36(32-22-53-58(3)26-32)42(21-43(40)69-4)60-17-15-59(16-18-60)24-31-13-14-61(25-31)34-27-62(28-34)33-8-9-35-37(19-33)49(67)63(48(35)66)41-11-12-44(64)56-47(41)65/h7-10,19-23,25-26,34,41H,11-18,24,27-28H2,1-6H3,(H,56,64,65)(H2,52,54,55,57). The van der Waals surface area contributed by atoms with Crippen LogP contribution >= 0.6 is 23.5 Å². The van der Waals surface area contributed by atoms with Gasteiger partial charge in [0.25, 0.3) is 11.8 Å². The van der Waals surface area contributed by atoms with Crippen LogP contribution in [-0.4, -0.2) is 144 Å². The van der Waals surface area contributed by atoms with Crippen molar-refractivity contribution < 1.29 is 37.5 Å². The second-order valence-electron chi connectivity index (χ2n) is 18.7. The number of hydrogen-bond donors (Lipinski definition) is 3. The first-order valence-electron chi connectivity index (χ1n) is 23.8. The Bertz CT molecular complexity index is 3090. The number of carbonyl (C=O) groups is 4. The molecule has 7 heterocycles. The summed E-state index contributed by atoms with van der Waals surface area (Å²) < 4.78 is 33.0. The van der Waals surface area contributed by atoms with E-state index in [0.29, 0.717) is 50.3 Å². The number of aromatic nitrogens is 4. The van der Waals surface area contributed by atoms with Crippen molar-refractivity contribution >= 4 is 87.0 Å². The molecule has 0 spiro atoms. The summed E-state index contributed by atoms with van der Waals surface area (Å²) in [4.78, 5) is 70.8. The molecular formula is C50H56BrN12O8P. The molecule has 1 atom stereocenters. The van der Waals surface area contributed by atoms with E-state index in [4.69, 9.17) is 18.8 Å². The molecule has 5 aromatic rings. The number of nitrogens with zero attached hydrogens (tertiary/aromatic N) is 9. The zero-order chi connectivity index (χ0) is 50.6. The van der Waals surface area contributed by atoms with E-state index in [1.807, 2.05) is 57.6 Å². The van der Waals surface area contributed by atoms with E-state index in [2.05, 4.69) is 73.8 Å². The molecule has 0 radical (unpaired) electrons. The maximum absolute atomic E-state index is 13.7. The molecule has 5 aliphatic heterocycles. The maximum Gasteiger partial charge on any atom is 0.363 e. The van der Waals surface area contributed by atoms with Gasteiger partial charge in [-0.2, -0.15) is 10.1 Å². The molecule has 3 N–H and O–H groups in total. The largest absolute Gasteiger partial charge is 0.494 e. The molecule has 72 heavy (non-hydrogen) atoms. The van der Waals surface area contributed by atoms with E-state index in [1.165, 1.54) is 19.8 Å². The van der Waals surface area contributed by atoms with Gasteiger partial charge in [0.05, 0.1) is 51.6 Å². The molecule has 3 aromatic carbocycles.